The largest absolute Gasteiger partial charge is 0.391 e. The molecule has 0 saturated carbocycles. The highest BCUT2D eigenvalue weighted by Gasteiger charge is 2.29. The van der Waals surface area contributed by atoms with Gasteiger partial charge in [-0.3, -0.25) is 0 Å². The molecule has 3 N–H and O–H groups in total. The maximum Gasteiger partial charge on any atom is 0.151 e. The van der Waals surface area contributed by atoms with Crippen molar-refractivity contribution in [2.75, 3.05) is 0 Å². The maximum absolute atomic E-state index is 10.8. The van der Waals surface area contributed by atoms with Gasteiger partial charge >= 0.3 is 0 Å². The quantitative estimate of drug-likeness (QED) is 0.590. The first-order valence-corrected chi connectivity index (χ1v) is 5.71. The molecule has 0 aliphatic carbocycles. The highest BCUT2D eigenvalue weighted by atomic mass is 16.5. The third-order valence-corrected chi connectivity index (χ3v) is 2.60. The second kappa shape index (κ2) is 7.23. The Hall–Kier alpha value is -1.27. The van der Waals surface area contributed by atoms with Crippen molar-refractivity contribution >= 4 is 6.29 Å². The number of hydrogen-bond donors (Lipinski definition) is 3. The Morgan fingerprint density at radius 3 is 2.28 bits per heavy atom. The van der Waals surface area contributed by atoms with Gasteiger partial charge < -0.3 is 24.9 Å². The minimum Gasteiger partial charge on any atom is -0.391 e. The molecule has 4 atom stereocenters. The Kier molecular flexibility index (Phi) is 5.94. The topological polar surface area (TPSA) is 87.0 Å². The molecule has 1 aromatic rings. The number of ether oxygens (including phenoxy) is 1. The van der Waals surface area contributed by atoms with Crippen molar-refractivity contribution in [3.05, 3.63) is 35.9 Å². The zero-order chi connectivity index (χ0) is 13.5. The molecule has 0 amide bonds. The lowest BCUT2D eigenvalue weighted by molar-refractivity contribution is -0.143. The van der Waals surface area contributed by atoms with Crippen molar-refractivity contribution < 1.29 is 24.9 Å². The summed E-state index contributed by atoms with van der Waals surface area (Å²) in [6.07, 6.45) is -4.76. The summed E-state index contributed by atoms with van der Waals surface area (Å²) >= 11 is 0. The summed E-state index contributed by atoms with van der Waals surface area (Å²) in [5.41, 5.74) is 0.850. The molecule has 0 radical (unpaired) electrons. The molecule has 100 valence electrons. The third kappa shape index (κ3) is 4.19. The number of aldehydes is 1. The summed E-state index contributed by atoms with van der Waals surface area (Å²) < 4.78 is 5.22. The van der Waals surface area contributed by atoms with Crippen molar-refractivity contribution in [1.29, 1.82) is 0 Å². The standard InChI is InChI=1S/C13H18O5/c1-9(15)12(16)13(17)11(7-14)18-8-10-5-3-2-4-6-10/h2-7,9,11-13,15-17H,8H2,1H3. The van der Waals surface area contributed by atoms with Gasteiger partial charge in [-0.1, -0.05) is 30.3 Å². The van der Waals surface area contributed by atoms with Crippen LogP contribution < -0.4 is 0 Å². The van der Waals surface area contributed by atoms with Crippen LogP contribution in [-0.2, 0) is 16.1 Å². The van der Waals surface area contributed by atoms with Gasteiger partial charge in [0.25, 0.3) is 0 Å². The van der Waals surface area contributed by atoms with E-state index in [4.69, 9.17) is 9.84 Å². The molecule has 0 aromatic heterocycles. The monoisotopic (exact) mass is 254 g/mol. The Balaban J connectivity index is 2.54. The van der Waals surface area contributed by atoms with Crippen molar-refractivity contribution in [3.63, 3.8) is 0 Å². The van der Waals surface area contributed by atoms with Crippen LogP contribution in [-0.4, -0.2) is 46.0 Å². The van der Waals surface area contributed by atoms with Crippen molar-refractivity contribution in [2.45, 2.75) is 37.9 Å². The molecule has 0 saturated heterocycles. The summed E-state index contributed by atoms with van der Waals surface area (Å²) in [6.45, 7) is 1.47. The Morgan fingerprint density at radius 1 is 1.17 bits per heavy atom. The fraction of sp³-hybridized carbons (Fsp3) is 0.462. The maximum atomic E-state index is 10.8. The number of carbonyl (C=O) groups excluding carboxylic acids is 1. The predicted molar refractivity (Wildman–Crippen MR) is 64.8 cm³/mol. The zero-order valence-corrected chi connectivity index (χ0v) is 10.1. The van der Waals surface area contributed by atoms with E-state index in [1.807, 2.05) is 30.3 Å². The average molecular weight is 254 g/mol. The van der Waals surface area contributed by atoms with Crippen LogP contribution >= 0.6 is 0 Å². The van der Waals surface area contributed by atoms with Crippen LogP contribution in [0.1, 0.15) is 12.5 Å². The number of hydrogen-bond acceptors (Lipinski definition) is 5. The van der Waals surface area contributed by atoms with E-state index in [1.54, 1.807) is 0 Å². The normalized spacial score (nSPS) is 17.8. The van der Waals surface area contributed by atoms with Gasteiger partial charge in [0, 0.05) is 0 Å². The lowest BCUT2D eigenvalue weighted by Gasteiger charge is -2.24. The first-order chi connectivity index (χ1) is 8.56. The Bertz CT molecular complexity index is 352. The van der Waals surface area contributed by atoms with E-state index in [9.17, 15) is 15.0 Å². The molecular formula is C13H18O5. The van der Waals surface area contributed by atoms with Gasteiger partial charge in [-0.2, -0.15) is 0 Å². The lowest BCUT2D eigenvalue weighted by Crippen LogP contribution is -2.45. The second-order valence-corrected chi connectivity index (χ2v) is 4.12. The molecule has 4 unspecified atom stereocenters. The number of carbonyl (C=O) groups is 1. The summed E-state index contributed by atoms with van der Waals surface area (Å²) in [4.78, 5) is 10.8. The van der Waals surface area contributed by atoms with E-state index in [-0.39, 0.29) is 6.61 Å². The molecule has 0 aliphatic heterocycles. The predicted octanol–water partition coefficient (Wildman–Crippen LogP) is -0.127. The molecular weight excluding hydrogens is 236 g/mol. The molecule has 1 aromatic carbocycles. The number of benzene rings is 1. The van der Waals surface area contributed by atoms with E-state index < -0.39 is 24.4 Å². The summed E-state index contributed by atoms with van der Waals surface area (Å²) in [7, 11) is 0. The molecule has 1 rings (SSSR count). The number of aliphatic hydroxyl groups excluding tert-OH is 3. The smallest absolute Gasteiger partial charge is 0.151 e. The van der Waals surface area contributed by atoms with E-state index >= 15 is 0 Å². The molecule has 0 aliphatic rings. The van der Waals surface area contributed by atoms with E-state index in [0.29, 0.717) is 6.29 Å². The molecule has 0 heterocycles. The minimum atomic E-state index is -1.45. The van der Waals surface area contributed by atoms with Crippen LogP contribution in [0.5, 0.6) is 0 Å². The molecule has 0 bridgehead atoms. The van der Waals surface area contributed by atoms with Crippen molar-refractivity contribution in [2.24, 2.45) is 0 Å². The van der Waals surface area contributed by atoms with Gasteiger partial charge in [0.05, 0.1) is 12.7 Å². The fourth-order valence-electron chi connectivity index (χ4n) is 1.46. The average Bonchev–Trinajstić information content (AvgIpc) is 2.39. The Morgan fingerprint density at radius 2 is 1.78 bits per heavy atom. The summed E-state index contributed by atoms with van der Waals surface area (Å²) in [5.74, 6) is 0. The van der Waals surface area contributed by atoms with Crippen LogP contribution in [0.25, 0.3) is 0 Å². The van der Waals surface area contributed by atoms with Crippen LogP contribution in [0.4, 0.5) is 0 Å². The van der Waals surface area contributed by atoms with Gasteiger partial charge in [-0.15, -0.1) is 0 Å². The van der Waals surface area contributed by atoms with Gasteiger partial charge in [0.15, 0.2) is 6.29 Å². The highest BCUT2D eigenvalue weighted by Crippen LogP contribution is 2.09. The minimum absolute atomic E-state index is 0.147. The lowest BCUT2D eigenvalue weighted by atomic mass is 10.0. The van der Waals surface area contributed by atoms with Gasteiger partial charge in [0.1, 0.15) is 18.3 Å². The van der Waals surface area contributed by atoms with Crippen LogP contribution in [0.3, 0.4) is 0 Å². The molecule has 0 spiro atoms. The first-order valence-electron chi connectivity index (χ1n) is 5.71. The van der Waals surface area contributed by atoms with Crippen LogP contribution in [0.15, 0.2) is 30.3 Å². The third-order valence-electron chi connectivity index (χ3n) is 2.60. The number of rotatable bonds is 7. The van der Waals surface area contributed by atoms with Gasteiger partial charge in [-0.25, -0.2) is 0 Å². The van der Waals surface area contributed by atoms with Gasteiger partial charge in [-0.05, 0) is 12.5 Å². The fourth-order valence-corrected chi connectivity index (χ4v) is 1.46. The highest BCUT2D eigenvalue weighted by molar-refractivity contribution is 5.57. The van der Waals surface area contributed by atoms with E-state index in [0.717, 1.165) is 5.56 Å². The van der Waals surface area contributed by atoms with Crippen LogP contribution in [0, 0.1) is 0 Å². The van der Waals surface area contributed by atoms with E-state index in [1.165, 1.54) is 6.92 Å². The molecule has 5 heteroatoms. The van der Waals surface area contributed by atoms with Gasteiger partial charge in [0.2, 0.25) is 0 Å². The number of aliphatic hydroxyl groups is 3. The SMILES string of the molecule is CC(O)C(O)C(O)C(C=O)OCc1ccccc1. The second-order valence-electron chi connectivity index (χ2n) is 4.12. The van der Waals surface area contributed by atoms with Crippen molar-refractivity contribution in [1.82, 2.24) is 0 Å². The molecule has 5 nitrogen and oxygen atoms in total. The van der Waals surface area contributed by atoms with Crippen LogP contribution in [0.2, 0.25) is 0 Å². The zero-order valence-electron chi connectivity index (χ0n) is 10.1. The van der Waals surface area contributed by atoms with E-state index in [2.05, 4.69) is 0 Å². The molecule has 0 fully saturated rings. The first kappa shape index (κ1) is 14.8. The summed E-state index contributed by atoms with van der Waals surface area (Å²) in [5, 5.41) is 28.3. The summed E-state index contributed by atoms with van der Waals surface area (Å²) in [6, 6.07) is 9.15. The van der Waals surface area contributed by atoms with Crippen molar-refractivity contribution in [3.8, 4) is 0 Å². The molecule has 18 heavy (non-hydrogen) atoms. The Labute approximate surface area is 106 Å².